The summed E-state index contributed by atoms with van der Waals surface area (Å²) in [5.41, 5.74) is 4.20. The van der Waals surface area contributed by atoms with Crippen LogP contribution in [-0.4, -0.2) is 72.6 Å². The van der Waals surface area contributed by atoms with Crippen molar-refractivity contribution in [1.82, 2.24) is 14.8 Å². The maximum atomic E-state index is 13.4. The van der Waals surface area contributed by atoms with Gasteiger partial charge in [-0.2, -0.15) is 0 Å². The monoisotopic (exact) mass is 530 g/mol. The van der Waals surface area contributed by atoms with Gasteiger partial charge in [0.15, 0.2) is 0 Å². The molecule has 8 heteroatoms. The third-order valence-electron chi connectivity index (χ3n) is 7.19. The Kier molecular flexibility index (Phi) is 9.32. The largest absolute Gasteiger partial charge is 0.491 e. The summed E-state index contributed by atoms with van der Waals surface area (Å²) < 4.78 is 12.1. The molecular formula is C31H38N4O4. The average Bonchev–Trinajstić information content (AvgIpc) is 2.94. The van der Waals surface area contributed by atoms with E-state index in [4.69, 9.17) is 9.47 Å². The smallest absolute Gasteiger partial charge is 0.257 e. The van der Waals surface area contributed by atoms with Crippen molar-refractivity contribution in [2.24, 2.45) is 5.92 Å². The molecule has 3 atom stereocenters. The fraction of sp³-hybridized carbons (Fsp3) is 0.387. The Morgan fingerprint density at radius 2 is 1.87 bits per heavy atom. The zero-order valence-electron chi connectivity index (χ0n) is 23.4. The Morgan fingerprint density at radius 3 is 2.54 bits per heavy atom. The first-order chi connectivity index (χ1) is 18.7. The molecule has 2 aromatic carbocycles. The minimum Gasteiger partial charge on any atom is -0.491 e. The van der Waals surface area contributed by atoms with Gasteiger partial charge in [-0.05, 0) is 48.7 Å². The number of aromatic nitrogens is 1. The summed E-state index contributed by atoms with van der Waals surface area (Å²) >= 11 is 0. The summed E-state index contributed by atoms with van der Waals surface area (Å²) in [7, 11) is 3.46. The number of likely N-dealkylation sites (N-methyl/N-ethyl adjacent to an activating group) is 1. The van der Waals surface area contributed by atoms with Crippen LogP contribution in [0.15, 0.2) is 66.9 Å². The molecule has 3 aromatic rings. The number of nitrogens with one attached hydrogen (secondary N) is 1. The zero-order valence-corrected chi connectivity index (χ0v) is 23.4. The zero-order chi connectivity index (χ0) is 27.9. The van der Waals surface area contributed by atoms with Gasteiger partial charge >= 0.3 is 0 Å². The molecule has 1 aliphatic heterocycles. The maximum Gasteiger partial charge on any atom is 0.257 e. The number of benzene rings is 2. The number of nitrogens with zero attached hydrogens (tertiary/aromatic N) is 3. The molecule has 8 nitrogen and oxygen atoms in total. The molecule has 39 heavy (non-hydrogen) atoms. The van der Waals surface area contributed by atoms with Crippen LogP contribution in [0.4, 0.5) is 5.69 Å². The van der Waals surface area contributed by atoms with Gasteiger partial charge in [-0.3, -0.25) is 19.5 Å². The second-order valence-electron chi connectivity index (χ2n) is 10.3. The highest BCUT2D eigenvalue weighted by Gasteiger charge is 2.28. The second-order valence-corrected chi connectivity index (χ2v) is 10.3. The molecule has 4 rings (SSSR count). The number of ether oxygens (including phenoxy) is 2. The molecule has 1 aliphatic rings. The standard InChI is InChI=1S/C31H38N4O4/c1-21-17-35(18-24-9-11-25(12-10-24)28-8-6-7-15-32-28)22(2)20-39-29-14-13-26(33-23(3)36)16-27(29)31(37)34(4)19-30(21)38-5/h6-16,21-22,30H,17-20H2,1-5H3,(H,33,36)/t21-,22-,30-/m1/s1. The van der Waals surface area contributed by atoms with Gasteiger partial charge in [0.1, 0.15) is 12.4 Å². The first-order valence-electron chi connectivity index (χ1n) is 13.3. The Morgan fingerprint density at radius 1 is 1.10 bits per heavy atom. The normalized spacial score (nSPS) is 20.8. The van der Waals surface area contributed by atoms with Gasteiger partial charge in [0.05, 0.1) is 17.4 Å². The van der Waals surface area contributed by atoms with Crippen molar-refractivity contribution in [2.75, 3.05) is 39.2 Å². The van der Waals surface area contributed by atoms with E-state index in [1.165, 1.54) is 12.5 Å². The number of amides is 2. The van der Waals surface area contributed by atoms with Gasteiger partial charge in [-0.15, -0.1) is 0 Å². The predicted molar refractivity (Wildman–Crippen MR) is 153 cm³/mol. The van der Waals surface area contributed by atoms with E-state index in [1.807, 2.05) is 18.2 Å². The van der Waals surface area contributed by atoms with Crippen LogP contribution < -0.4 is 10.1 Å². The number of methoxy groups -OCH3 is 1. The van der Waals surface area contributed by atoms with Crippen LogP contribution in [0.25, 0.3) is 11.3 Å². The molecule has 0 saturated heterocycles. The summed E-state index contributed by atoms with van der Waals surface area (Å²) in [5.74, 6) is 0.278. The van der Waals surface area contributed by atoms with Crippen molar-refractivity contribution < 1.29 is 19.1 Å². The van der Waals surface area contributed by atoms with E-state index in [-0.39, 0.29) is 29.9 Å². The fourth-order valence-corrected chi connectivity index (χ4v) is 4.90. The highest BCUT2D eigenvalue weighted by molar-refractivity contribution is 5.99. The molecular weight excluding hydrogens is 492 g/mol. The van der Waals surface area contributed by atoms with Crippen LogP contribution in [0, 0.1) is 5.92 Å². The van der Waals surface area contributed by atoms with Crippen LogP contribution in [0.2, 0.25) is 0 Å². The van der Waals surface area contributed by atoms with Crippen LogP contribution in [-0.2, 0) is 16.1 Å². The number of rotatable bonds is 5. The lowest BCUT2D eigenvalue weighted by molar-refractivity contribution is -0.114. The molecule has 0 aliphatic carbocycles. The maximum absolute atomic E-state index is 13.4. The Hall–Kier alpha value is -3.75. The van der Waals surface area contributed by atoms with Crippen LogP contribution in [0.3, 0.4) is 0 Å². The highest BCUT2D eigenvalue weighted by atomic mass is 16.5. The van der Waals surface area contributed by atoms with Gasteiger partial charge in [-0.25, -0.2) is 0 Å². The number of hydrogen-bond donors (Lipinski definition) is 1. The van der Waals surface area contributed by atoms with E-state index in [0.29, 0.717) is 30.2 Å². The molecule has 0 fully saturated rings. The molecule has 0 bridgehead atoms. The van der Waals surface area contributed by atoms with E-state index in [9.17, 15) is 9.59 Å². The fourth-order valence-electron chi connectivity index (χ4n) is 4.90. The topological polar surface area (TPSA) is 84.0 Å². The summed E-state index contributed by atoms with van der Waals surface area (Å²) in [5, 5.41) is 2.76. The summed E-state index contributed by atoms with van der Waals surface area (Å²) in [4.78, 5) is 33.6. The lowest BCUT2D eigenvalue weighted by Gasteiger charge is -2.36. The molecule has 0 saturated carbocycles. The van der Waals surface area contributed by atoms with Gasteiger partial charge in [0.25, 0.3) is 5.91 Å². The Bertz CT molecular complexity index is 1270. The number of hydrogen-bond acceptors (Lipinski definition) is 6. The number of pyridine rings is 1. The number of anilines is 1. The number of carbonyl (C=O) groups is 2. The van der Waals surface area contributed by atoms with Crippen molar-refractivity contribution in [1.29, 1.82) is 0 Å². The summed E-state index contributed by atoms with van der Waals surface area (Å²) in [6, 6.07) is 19.7. The van der Waals surface area contributed by atoms with Crippen molar-refractivity contribution in [3.8, 4) is 17.0 Å². The van der Waals surface area contributed by atoms with Gasteiger partial charge in [0.2, 0.25) is 5.91 Å². The SMILES string of the molecule is CO[C@@H]1CN(C)C(=O)c2cc(NC(C)=O)ccc2OC[C@@H](C)N(Cc2ccc(-c3ccccn3)cc2)C[C@H]1C. The van der Waals surface area contributed by atoms with Crippen molar-refractivity contribution in [3.05, 3.63) is 78.0 Å². The molecule has 0 radical (unpaired) electrons. The molecule has 206 valence electrons. The van der Waals surface area contributed by atoms with E-state index in [1.54, 1.807) is 43.5 Å². The highest BCUT2D eigenvalue weighted by Crippen LogP contribution is 2.27. The minimum absolute atomic E-state index is 0.0653. The summed E-state index contributed by atoms with van der Waals surface area (Å²) in [6.07, 6.45) is 1.65. The molecule has 2 amide bonds. The first-order valence-corrected chi connectivity index (χ1v) is 13.3. The van der Waals surface area contributed by atoms with E-state index < -0.39 is 0 Å². The van der Waals surface area contributed by atoms with E-state index >= 15 is 0 Å². The van der Waals surface area contributed by atoms with E-state index in [2.05, 4.69) is 53.3 Å². The lowest BCUT2D eigenvalue weighted by Crippen LogP contribution is -2.46. The molecule has 1 aromatic heterocycles. The van der Waals surface area contributed by atoms with Crippen molar-refractivity contribution >= 4 is 17.5 Å². The Balaban J connectivity index is 1.60. The third-order valence-corrected chi connectivity index (χ3v) is 7.19. The third kappa shape index (κ3) is 7.22. The number of carbonyl (C=O) groups excluding carboxylic acids is 2. The molecule has 1 N–H and O–H groups in total. The van der Waals surface area contributed by atoms with Crippen molar-refractivity contribution in [3.63, 3.8) is 0 Å². The lowest BCUT2D eigenvalue weighted by atomic mass is 10.0. The van der Waals surface area contributed by atoms with E-state index in [0.717, 1.165) is 24.3 Å². The second kappa shape index (κ2) is 12.9. The number of fused-ring (bicyclic) bond motifs is 1. The van der Waals surface area contributed by atoms with Crippen molar-refractivity contribution in [2.45, 2.75) is 39.5 Å². The predicted octanol–water partition coefficient (Wildman–Crippen LogP) is 4.71. The summed E-state index contributed by atoms with van der Waals surface area (Å²) in [6.45, 7) is 8.10. The molecule has 2 heterocycles. The van der Waals surface area contributed by atoms with Gasteiger partial charge in [0, 0.05) is 64.2 Å². The molecule has 0 unspecified atom stereocenters. The van der Waals surface area contributed by atoms with Gasteiger partial charge in [-0.1, -0.05) is 37.3 Å². The van der Waals surface area contributed by atoms with Crippen LogP contribution >= 0.6 is 0 Å². The van der Waals surface area contributed by atoms with Crippen LogP contribution in [0.1, 0.15) is 36.7 Å². The first kappa shape index (κ1) is 28.3. The quantitative estimate of drug-likeness (QED) is 0.514. The van der Waals surface area contributed by atoms with Crippen LogP contribution in [0.5, 0.6) is 5.75 Å². The average molecular weight is 531 g/mol. The Labute approximate surface area is 230 Å². The molecule has 0 spiro atoms. The minimum atomic E-state index is -0.199. The van der Waals surface area contributed by atoms with Gasteiger partial charge < -0.3 is 19.7 Å².